The van der Waals surface area contributed by atoms with Crippen LogP contribution in [0.2, 0.25) is 0 Å². The lowest BCUT2D eigenvalue weighted by Gasteiger charge is -2.14. The molecule has 188 valence electrons. The van der Waals surface area contributed by atoms with Gasteiger partial charge < -0.3 is 9.88 Å². The van der Waals surface area contributed by atoms with Crippen LogP contribution >= 0.6 is 0 Å². The highest BCUT2D eigenvalue weighted by atomic mass is 15.1. The van der Waals surface area contributed by atoms with E-state index in [1.807, 2.05) is 30.9 Å². The Hall–Kier alpha value is -4.36. The highest BCUT2D eigenvalue weighted by Crippen LogP contribution is 2.34. The van der Waals surface area contributed by atoms with Crippen LogP contribution in [0.25, 0.3) is 55.6 Å². The van der Waals surface area contributed by atoms with Gasteiger partial charge in [-0.25, -0.2) is 0 Å². The number of aryl methyl sites for hydroxylation is 1. The van der Waals surface area contributed by atoms with Crippen LogP contribution < -0.4 is 0 Å². The predicted molar refractivity (Wildman–Crippen MR) is 152 cm³/mol. The summed E-state index contributed by atoms with van der Waals surface area (Å²) in [5.41, 5.74) is 9.26. The summed E-state index contributed by atoms with van der Waals surface area (Å²) in [7, 11) is 0. The molecule has 0 aliphatic carbocycles. The lowest BCUT2D eigenvalue weighted by molar-refractivity contribution is 0.334. The number of fused-ring (bicyclic) bond motifs is 2. The minimum atomic E-state index is 0.881. The number of rotatable bonds is 7. The molecule has 0 spiro atoms. The van der Waals surface area contributed by atoms with Gasteiger partial charge in [-0.3, -0.25) is 20.1 Å². The van der Waals surface area contributed by atoms with Gasteiger partial charge >= 0.3 is 0 Å². The average molecular weight is 500 g/mol. The number of aromatic nitrogens is 6. The van der Waals surface area contributed by atoms with E-state index in [1.54, 1.807) is 6.20 Å². The molecule has 6 aromatic rings. The number of hydrogen-bond acceptors (Lipinski definition) is 5. The summed E-state index contributed by atoms with van der Waals surface area (Å²) in [5, 5.41) is 10.0. The Bertz CT molecular complexity index is 1710. The molecule has 6 heterocycles. The molecular formula is C31H29N7. The zero-order valence-electron chi connectivity index (χ0n) is 21.2. The molecule has 0 atom stereocenters. The number of pyridine rings is 3. The van der Waals surface area contributed by atoms with E-state index in [0.717, 1.165) is 68.4 Å². The highest BCUT2D eigenvalue weighted by molar-refractivity contribution is 6.01. The fraction of sp³-hybridized carbons (Fsp3) is 0.226. The monoisotopic (exact) mass is 499 g/mol. The standard InChI is InChI=1S/C31H29N7/c1-2-12-38(11-1)13-5-6-21-14-23(19-33-17-21)28-16-26-30(20-34-28)36-37-31(26)29-15-25-24(8-3-9-27(25)35-29)22-7-4-10-32-18-22/h3-4,7-10,14-20,35H,1-2,5-6,11-13H2,(H,36,37). The van der Waals surface area contributed by atoms with Gasteiger partial charge in [0.15, 0.2) is 0 Å². The molecule has 1 aliphatic heterocycles. The van der Waals surface area contributed by atoms with Gasteiger partial charge in [0.1, 0.15) is 5.69 Å². The zero-order valence-corrected chi connectivity index (χ0v) is 21.2. The van der Waals surface area contributed by atoms with Crippen LogP contribution in [0.3, 0.4) is 0 Å². The number of aromatic amines is 2. The van der Waals surface area contributed by atoms with E-state index >= 15 is 0 Å². The molecule has 0 saturated carbocycles. The molecule has 1 aliphatic rings. The van der Waals surface area contributed by atoms with E-state index in [0.29, 0.717) is 0 Å². The summed E-state index contributed by atoms with van der Waals surface area (Å²) >= 11 is 0. The van der Waals surface area contributed by atoms with E-state index in [2.05, 4.69) is 72.5 Å². The molecular weight excluding hydrogens is 470 g/mol. The van der Waals surface area contributed by atoms with Gasteiger partial charge in [-0.05, 0) is 86.8 Å². The third-order valence-electron chi connectivity index (χ3n) is 7.57. The van der Waals surface area contributed by atoms with Crippen molar-refractivity contribution in [1.29, 1.82) is 0 Å². The summed E-state index contributed by atoms with van der Waals surface area (Å²) in [5.74, 6) is 0. The van der Waals surface area contributed by atoms with Gasteiger partial charge in [-0.1, -0.05) is 18.2 Å². The first-order chi connectivity index (χ1) is 18.8. The normalized spacial score (nSPS) is 14.1. The summed E-state index contributed by atoms with van der Waals surface area (Å²) < 4.78 is 0. The van der Waals surface area contributed by atoms with Crippen molar-refractivity contribution in [2.24, 2.45) is 0 Å². The largest absolute Gasteiger partial charge is 0.353 e. The topological polar surface area (TPSA) is 86.4 Å². The van der Waals surface area contributed by atoms with Crippen LogP contribution in [-0.2, 0) is 6.42 Å². The maximum atomic E-state index is 4.73. The van der Waals surface area contributed by atoms with Gasteiger partial charge in [0.05, 0.1) is 23.1 Å². The number of likely N-dealkylation sites (tertiary alicyclic amines) is 1. The Labute approximate surface area is 221 Å². The number of hydrogen-bond donors (Lipinski definition) is 2. The van der Waals surface area contributed by atoms with E-state index in [1.165, 1.54) is 38.0 Å². The van der Waals surface area contributed by atoms with Crippen LogP contribution in [0.1, 0.15) is 24.8 Å². The van der Waals surface area contributed by atoms with Crippen molar-refractivity contribution in [2.75, 3.05) is 19.6 Å². The Balaban J connectivity index is 1.20. The van der Waals surface area contributed by atoms with Crippen molar-refractivity contribution >= 4 is 21.8 Å². The van der Waals surface area contributed by atoms with Crippen molar-refractivity contribution in [2.45, 2.75) is 25.7 Å². The van der Waals surface area contributed by atoms with Crippen LogP contribution in [0.15, 0.2) is 79.5 Å². The zero-order chi connectivity index (χ0) is 25.3. The van der Waals surface area contributed by atoms with E-state index in [4.69, 9.17) is 4.98 Å². The predicted octanol–water partition coefficient (Wildman–Crippen LogP) is 6.26. The summed E-state index contributed by atoms with van der Waals surface area (Å²) in [6.07, 6.45) is 14.3. The first kappa shape index (κ1) is 22.8. The van der Waals surface area contributed by atoms with E-state index < -0.39 is 0 Å². The Kier molecular flexibility index (Phi) is 5.90. The molecule has 0 radical (unpaired) electrons. The summed E-state index contributed by atoms with van der Waals surface area (Å²) in [6.45, 7) is 3.66. The molecule has 7 heteroatoms. The smallest absolute Gasteiger partial charge is 0.116 e. The SMILES string of the molecule is c1cncc(-c2cccc3[nH]c(-c4n[nH]c5cnc(-c6cncc(CCCN7CCCC7)c6)cc45)cc23)c1. The summed E-state index contributed by atoms with van der Waals surface area (Å²) in [4.78, 5) is 19.7. The first-order valence-corrected chi connectivity index (χ1v) is 13.4. The number of H-pyrrole nitrogens is 2. The van der Waals surface area contributed by atoms with Crippen LogP contribution in [-0.4, -0.2) is 54.7 Å². The average Bonchev–Trinajstić information content (AvgIpc) is 3.73. The Morgan fingerprint density at radius 2 is 1.74 bits per heavy atom. The number of nitrogens with zero attached hydrogens (tertiary/aromatic N) is 5. The number of nitrogens with one attached hydrogen (secondary N) is 2. The van der Waals surface area contributed by atoms with Crippen molar-refractivity contribution < 1.29 is 0 Å². The maximum Gasteiger partial charge on any atom is 0.116 e. The summed E-state index contributed by atoms with van der Waals surface area (Å²) in [6, 6.07) is 16.9. The van der Waals surface area contributed by atoms with Crippen molar-refractivity contribution in [3.63, 3.8) is 0 Å². The van der Waals surface area contributed by atoms with E-state index in [9.17, 15) is 0 Å². The lowest BCUT2D eigenvalue weighted by atomic mass is 10.0. The third kappa shape index (κ3) is 4.35. The second-order valence-corrected chi connectivity index (χ2v) is 10.1. The fourth-order valence-electron chi connectivity index (χ4n) is 5.61. The quantitative estimate of drug-likeness (QED) is 0.271. The molecule has 2 N–H and O–H groups in total. The molecule has 7 nitrogen and oxygen atoms in total. The molecule has 1 fully saturated rings. The van der Waals surface area contributed by atoms with Gasteiger partial charge in [-0.15, -0.1) is 0 Å². The molecule has 1 saturated heterocycles. The van der Waals surface area contributed by atoms with Crippen LogP contribution in [0.5, 0.6) is 0 Å². The molecule has 7 rings (SSSR count). The van der Waals surface area contributed by atoms with Crippen molar-refractivity contribution in [3.05, 3.63) is 85.1 Å². The fourth-order valence-corrected chi connectivity index (χ4v) is 5.61. The minimum absolute atomic E-state index is 0.881. The van der Waals surface area contributed by atoms with E-state index in [-0.39, 0.29) is 0 Å². The number of benzene rings is 1. The van der Waals surface area contributed by atoms with Gasteiger partial charge in [0, 0.05) is 52.2 Å². The maximum absolute atomic E-state index is 4.73. The van der Waals surface area contributed by atoms with Gasteiger partial charge in [-0.2, -0.15) is 5.10 Å². The molecule has 0 unspecified atom stereocenters. The molecule has 5 aromatic heterocycles. The molecule has 38 heavy (non-hydrogen) atoms. The van der Waals surface area contributed by atoms with Gasteiger partial charge in [0.2, 0.25) is 0 Å². The second-order valence-electron chi connectivity index (χ2n) is 10.1. The molecule has 1 aromatic carbocycles. The first-order valence-electron chi connectivity index (χ1n) is 13.4. The Morgan fingerprint density at radius 1 is 0.816 bits per heavy atom. The lowest BCUT2D eigenvalue weighted by Crippen LogP contribution is -2.20. The Morgan fingerprint density at radius 3 is 2.63 bits per heavy atom. The van der Waals surface area contributed by atoms with Crippen LogP contribution in [0.4, 0.5) is 0 Å². The highest BCUT2D eigenvalue weighted by Gasteiger charge is 2.15. The molecule has 0 bridgehead atoms. The second kappa shape index (κ2) is 9.84. The third-order valence-corrected chi connectivity index (χ3v) is 7.57. The van der Waals surface area contributed by atoms with Crippen molar-refractivity contribution in [3.8, 4) is 33.8 Å². The molecule has 0 amide bonds. The minimum Gasteiger partial charge on any atom is -0.353 e. The van der Waals surface area contributed by atoms with Gasteiger partial charge in [0.25, 0.3) is 0 Å². The van der Waals surface area contributed by atoms with Crippen LogP contribution in [0, 0.1) is 0 Å². The van der Waals surface area contributed by atoms with Crippen molar-refractivity contribution in [1.82, 2.24) is 35.0 Å².